The van der Waals surface area contributed by atoms with E-state index in [1.807, 2.05) is 31.2 Å². The number of hydrogen-bond donors (Lipinski definition) is 3. The molecule has 0 aliphatic heterocycles. The predicted molar refractivity (Wildman–Crippen MR) is 76.7 cm³/mol. The standard InChI is InChI=1S/C14H20N4O2/c1-3-8-15-10(2)13-17-18-14(20-13)16-12-6-4-11(9-19)5-7-12/h4-7,10,15,19H,3,8-9H2,1-2H3,(H,16,18). The van der Waals surface area contributed by atoms with E-state index in [2.05, 4.69) is 27.8 Å². The number of nitrogens with one attached hydrogen (secondary N) is 2. The molecule has 1 aromatic carbocycles. The summed E-state index contributed by atoms with van der Waals surface area (Å²) in [5, 5.41) is 23.3. The van der Waals surface area contributed by atoms with Gasteiger partial charge in [-0.15, -0.1) is 5.10 Å². The lowest BCUT2D eigenvalue weighted by Crippen LogP contribution is -2.19. The third-order valence-electron chi connectivity index (χ3n) is 2.90. The molecule has 1 aromatic heterocycles. The van der Waals surface area contributed by atoms with Gasteiger partial charge in [0.25, 0.3) is 0 Å². The van der Waals surface area contributed by atoms with E-state index >= 15 is 0 Å². The van der Waals surface area contributed by atoms with Crippen LogP contribution in [0.25, 0.3) is 0 Å². The second kappa shape index (κ2) is 7.02. The maximum Gasteiger partial charge on any atom is 0.320 e. The van der Waals surface area contributed by atoms with Gasteiger partial charge in [0, 0.05) is 5.69 Å². The summed E-state index contributed by atoms with van der Waals surface area (Å²) in [6.07, 6.45) is 1.06. The number of hydrogen-bond acceptors (Lipinski definition) is 6. The molecular formula is C14H20N4O2. The molecule has 2 rings (SSSR count). The van der Waals surface area contributed by atoms with Crippen molar-refractivity contribution in [1.29, 1.82) is 0 Å². The molecular weight excluding hydrogens is 256 g/mol. The van der Waals surface area contributed by atoms with Crippen LogP contribution in [0.2, 0.25) is 0 Å². The summed E-state index contributed by atoms with van der Waals surface area (Å²) in [5.74, 6) is 0.563. The number of aromatic nitrogens is 2. The van der Waals surface area contributed by atoms with Crippen LogP contribution >= 0.6 is 0 Å². The largest absolute Gasteiger partial charge is 0.406 e. The summed E-state index contributed by atoms with van der Waals surface area (Å²) in [5.41, 5.74) is 1.70. The Morgan fingerprint density at radius 3 is 2.65 bits per heavy atom. The lowest BCUT2D eigenvalue weighted by molar-refractivity contribution is 0.282. The minimum atomic E-state index is 0.0333. The van der Waals surface area contributed by atoms with Crippen LogP contribution in [-0.2, 0) is 6.61 Å². The molecule has 0 aliphatic rings. The van der Waals surface area contributed by atoms with Crippen molar-refractivity contribution < 1.29 is 9.52 Å². The molecule has 0 radical (unpaired) electrons. The Kier molecular flexibility index (Phi) is 5.09. The highest BCUT2D eigenvalue weighted by Gasteiger charge is 2.12. The van der Waals surface area contributed by atoms with Crippen molar-refractivity contribution in [3.8, 4) is 0 Å². The van der Waals surface area contributed by atoms with Crippen LogP contribution in [0.1, 0.15) is 37.8 Å². The second-order valence-corrected chi connectivity index (χ2v) is 4.60. The van der Waals surface area contributed by atoms with Crippen LogP contribution in [0, 0.1) is 0 Å². The molecule has 3 N–H and O–H groups in total. The van der Waals surface area contributed by atoms with Crippen molar-refractivity contribution in [3.05, 3.63) is 35.7 Å². The number of rotatable bonds is 7. The van der Waals surface area contributed by atoms with Crippen molar-refractivity contribution in [1.82, 2.24) is 15.5 Å². The van der Waals surface area contributed by atoms with E-state index in [1.165, 1.54) is 0 Å². The van der Waals surface area contributed by atoms with E-state index in [4.69, 9.17) is 9.52 Å². The highest BCUT2D eigenvalue weighted by Crippen LogP contribution is 2.18. The van der Waals surface area contributed by atoms with Crippen LogP contribution in [0.15, 0.2) is 28.7 Å². The average molecular weight is 276 g/mol. The third-order valence-corrected chi connectivity index (χ3v) is 2.90. The van der Waals surface area contributed by atoms with Gasteiger partial charge >= 0.3 is 6.01 Å². The van der Waals surface area contributed by atoms with Gasteiger partial charge in [-0.2, -0.15) is 0 Å². The van der Waals surface area contributed by atoms with Gasteiger partial charge < -0.3 is 20.2 Å². The minimum absolute atomic E-state index is 0.0333. The van der Waals surface area contributed by atoms with Crippen molar-refractivity contribution in [3.63, 3.8) is 0 Å². The molecule has 0 spiro atoms. The lowest BCUT2D eigenvalue weighted by Gasteiger charge is -2.07. The van der Waals surface area contributed by atoms with Gasteiger partial charge in [-0.3, -0.25) is 0 Å². The van der Waals surface area contributed by atoms with Crippen molar-refractivity contribution in [2.45, 2.75) is 32.9 Å². The first-order valence-corrected chi connectivity index (χ1v) is 6.76. The molecule has 0 amide bonds. The predicted octanol–water partition coefficient (Wildman–Crippen LogP) is 2.37. The van der Waals surface area contributed by atoms with Crippen LogP contribution in [0.5, 0.6) is 0 Å². The van der Waals surface area contributed by atoms with Gasteiger partial charge in [0.05, 0.1) is 12.6 Å². The zero-order valence-corrected chi connectivity index (χ0v) is 11.8. The molecule has 1 heterocycles. The van der Waals surface area contributed by atoms with E-state index < -0.39 is 0 Å². The molecule has 0 fully saturated rings. The Hall–Kier alpha value is -1.92. The number of nitrogens with zero attached hydrogens (tertiary/aromatic N) is 2. The van der Waals surface area contributed by atoms with Crippen molar-refractivity contribution in [2.24, 2.45) is 0 Å². The van der Waals surface area contributed by atoms with Gasteiger partial charge in [-0.05, 0) is 37.6 Å². The van der Waals surface area contributed by atoms with E-state index in [9.17, 15) is 0 Å². The van der Waals surface area contributed by atoms with Crippen LogP contribution < -0.4 is 10.6 Å². The third kappa shape index (κ3) is 3.79. The Labute approximate surface area is 118 Å². The first-order valence-electron chi connectivity index (χ1n) is 6.76. The molecule has 2 aromatic rings. The fourth-order valence-electron chi connectivity index (χ4n) is 1.73. The number of benzene rings is 1. The first kappa shape index (κ1) is 14.5. The second-order valence-electron chi connectivity index (χ2n) is 4.60. The SMILES string of the molecule is CCCNC(C)c1nnc(Nc2ccc(CO)cc2)o1. The smallest absolute Gasteiger partial charge is 0.320 e. The first-order chi connectivity index (χ1) is 9.72. The highest BCUT2D eigenvalue weighted by molar-refractivity contribution is 5.52. The molecule has 1 atom stereocenters. The number of anilines is 2. The Morgan fingerprint density at radius 1 is 1.25 bits per heavy atom. The zero-order chi connectivity index (χ0) is 14.4. The fraction of sp³-hybridized carbons (Fsp3) is 0.429. The van der Waals surface area contributed by atoms with E-state index in [0.29, 0.717) is 11.9 Å². The summed E-state index contributed by atoms with van der Waals surface area (Å²) < 4.78 is 5.56. The summed E-state index contributed by atoms with van der Waals surface area (Å²) in [6.45, 7) is 5.04. The minimum Gasteiger partial charge on any atom is -0.406 e. The topological polar surface area (TPSA) is 83.2 Å². The normalized spacial score (nSPS) is 12.3. The van der Waals surface area contributed by atoms with Gasteiger partial charge in [-0.1, -0.05) is 24.2 Å². The van der Waals surface area contributed by atoms with Crippen LogP contribution in [0.3, 0.4) is 0 Å². The molecule has 0 saturated carbocycles. The maximum atomic E-state index is 8.99. The molecule has 1 unspecified atom stereocenters. The Balaban J connectivity index is 1.97. The molecule has 0 bridgehead atoms. The quantitative estimate of drug-likeness (QED) is 0.720. The summed E-state index contributed by atoms with van der Waals surface area (Å²) >= 11 is 0. The molecule has 0 saturated heterocycles. The Morgan fingerprint density at radius 2 is 2.00 bits per heavy atom. The lowest BCUT2D eigenvalue weighted by atomic mass is 10.2. The van der Waals surface area contributed by atoms with E-state index in [0.717, 1.165) is 24.2 Å². The molecule has 20 heavy (non-hydrogen) atoms. The average Bonchev–Trinajstić information content (AvgIpc) is 2.94. The number of aliphatic hydroxyl groups is 1. The number of aliphatic hydroxyl groups excluding tert-OH is 1. The highest BCUT2D eigenvalue weighted by atomic mass is 16.4. The van der Waals surface area contributed by atoms with Crippen LogP contribution in [-0.4, -0.2) is 21.8 Å². The zero-order valence-electron chi connectivity index (χ0n) is 11.8. The summed E-state index contributed by atoms with van der Waals surface area (Å²) in [4.78, 5) is 0. The van der Waals surface area contributed by atoms with Crippen molar-refractivity contribution >= 4 is 11.7 Å². The summed E-state index contributed by atoms with van der Waals surface area (Å²) in [7, 11) is 0. The maximum absolute atomic E-state index is 8.99. The summed E-state index contributed by atoms with van der Waals surface area (Å²) in [6, 6.07) is 7.79. The molecule has 0 aliphatic carbocycles. The Bertz CT molecular complexity index is 524. The van der Waals surface area contributed by atoms with E-state index in [-0.39, 0.29) is 12.6 Å². The van der Waals surface area contributed by atoms with Crippen LogP contribution in [0.4, 0.5) is 11.7 Å². The van der Waals surface area contributed by atoms with Crippen molar-refractivity contribution in [2.75, 3.05) is 11.9 Å². The molecule has 108 valence electrons. The fourth-order valence-corrected chi connectivity index (χ4v) is 1.73. The van der Waals surface area contributed by atoms with E-state index in [1.54, 1.807) is 0 Å². The van der Waals surface area contributed by atoms with Gasteiger partial charge in [-0.25, -0.2) is 0 Å². The molecule has 6 heteroatoms. The monoisotopic (exact) mass is 276 g/mol. The van der Waals surface area contributed by atoms with Gasteiger partial charge in [0.2, 0.25) is 5.89 Å². The van der Waals surface area contributed by atoms with Gasteiger partial charge in [0.15, 0.2) is 0 Å². The molecule has 6 nitrogen and oxygen atoms in total. The van der Waals surface area contributed by atoms with Gasteiger partial charge in [0.1, 0.15) is 0 Å².